The highest BCUT2D eigenvalue weighted by Gasteiger charge is 2.03. The van der Waals surface area contributed by atoms with Crippen molar-refractivity contribution in [2.75, 3.05) is 33.7 Å². The molecule has 12 heavy (non-hydrogen) atoms. The molecule has 0 unspecified atom stereocenters. The fourth-order valence-corrected chi connectivity index (χ4v) is 0.762. The number of nitrogens with zero attached hydrogens (tertiary/aromatic N) is 1. The molecule has 0 aliphatic carbocycles. The molecule has 0 aliphatic heterocycles. The van der Waals surface area contributed by atoms with Crippen molar-refractivity contribution in [3.8, 4) is 0 Å². The highest BCUT2D eigenvalue weighted by atomic mass is 35.5. The summed E-state index contributed by atoms with van der Waals surface area (Å²) < 4.78 is 0. The zero-order valence-electron chi connectivity index (χ0n) is 7.53. The Morgan fingerprint density at radius 3 is 1.42 bits per heavy atom. The molecule has 4 N–H and O–H groups in total. The lowest BCUT2D eigenvalue weighted by atomic mass is 10.1. The van der Waals surface area contributed by atoms with Gasteiger partial charge in [0, 0.05) is 6.54 Å². The summed E-state index contributed by atoms with van der Waals surface area (Å²) in [5, 5.41) is 0. The lowest BCUT2D eigenvalue weighted by Crippen LogP contribution is -2.32. The maximum Gasteiger partial charge on any atom is 0.00277 e. The summed E-state index contributed by atoms with van der Waals surface area (Å²) in [7, 11) is 4.05. The normalized spacial score (nSPS) is 8.50. The minimum Gasteiger partial charge on any atom is -0.330 e. The number of nitrogens with two attached hydrogens (primary N) is 2. The van der Waals surface area contributed by atoms with E-state index in [0.717, 1.165) is 6.54 Å². The van der Waals surface area contributed by atoms with Crippen LogP contribution < -0.4 is 11.5 Å². The number of halogens is 3. The Labute approximate surface area is 93.5 Å². The van der Waals surface area contributed by atoms with Crippen molar-refractivity contribution in [1.82, 2.24) is 4.90 Å². The lowest BCUT2D eigenvalue weighted by Gasteiger charge is -2.16. The Bertz CT molecular complexity index is 69.1. The van der Waals surface area contributed by atoms with E-state index in [2.05, 4.69) is 4.90 Å². The van der Waals surface area contributed by atoms with Gasteiger partial charge in [0.2, 0.25) is 0 Å². The van der Waals surface area contributed by atoms with E-state index in [1.54, 1.807) is 0 Å². The molecule has 80 valence electrons. The fraction of sp³-hybridized carbons (Fsp3) is 1.00. The fourth-order valence-electron chi connectivity index (χ4n) is 0.762. The van der Waals surface area contributed by atoms with Crippen LogP contribution in [0, 0.1) is 5.92 Å². The summed E-state index contributed by atoms with van der Waals surface area (Å²) in [5.74, 6) is 0.458. The smallest absolute Gasteiger partial charge is 0.00277 e. The molecule has 0 aliphatic rings. The maximum atomic E-state index is 5.42. The molecule has 0 aromatic carbocycles. The second-order valence-electron chi connectivity index (χ2n) is 2.60. The van der Waals surface area contributed by atoms with Crippen molar-refractivity contribution in [3.63, 3.8) is 0 Å². The molecule has 6 heteroatoms. The summed E-state index contributed by atoms with van der Waals surface area (Å²) in [5.41, 5.74) is 10.8. The van der Waals surface area contributed by atoms with Crippen molar-refractivity contribution >= 4 is 37.2 Å². The SMILES string of the molecule is CN(C)CC(CN)CN.Cl.Cl.Cl. The van der Waals surface area contributed by atoms with E-state index in [-0.39, 0.29) is 37.2 Å². The van der Waals surface area contributed by atoms with E-state index < -0.39 is 0 Å². The van der Waals surface area contributed by atoms with Crippen LogP contribution in [0.4, 0.5) is 0 Å². The van der Waals surface area contributed by atoms with Gasteiger partial charge in [0.15, 0.2) is 0 Å². The Kier molecular flexibility index (Phi) is 27.4. The van der Waals surface area contributed by atoms with Crippen LogP contribution in [0.25, 0.3) is 0 Å². The Hall–Kier alpha value is 0.750. The van der Waals surface area contributed by atoms with Crippen molar-refractivity contribution in [2.45, 2.75) is 0 Å². The molecule has 0 radical (unpaired) electrons. The monoisotopic (exact) mass is 239 g/mol. The van der Waals surface area contributed by atoms with Crippen LogP contribution in [0.3, 0.4) is 0 Å². The topological polar surface area (TPSA) is 55.3 Å². The first-order valence-electron chi connectivity index (χ1n) is 3.25. The van der Waals surface area contributed by atoms with E-state index in [4.69, 9.17) is 11.5 Å². The van der Waals surface area contributed by atoms with Gasteiger partial charge in [-0.15, -0.1) is 37.2 Å². The third kappa shape index (κ3) is 13.3. The van der Waals surface area contributed by atoms with Crippen LogP contribution >= 0.6 is 37.2 Å². The minimum absolute atomic E-state index is 0. The number of hydrogen-bond acceptors (Lipinski definition) is 3. The average Bonchev–Trinajstić information content (AvgIpc) is 1.82. The standard InChI is InChI=1S/C6H17N3.3ClH/c1-9(2)5-6(3-7)4-8;;;/h6H,3-5,7-8H2,1-2H3;3*1H. The van der Waals surface area contributed by atoms with Gasteiger partial charge in [-0.25, -0.2) is 0 Å². The van der Waals surface area contributed by atoms with E-state index >= 15 is 0 Å². The Balaban J connectivity index is -0.000000107. The molecule has 0 saturated heterocycles. The third-order valence-electron chi connectivity index (χ3n) is 1.29. The van der Waals surface area contributed by atoms with Gasteiger partial charge in [0.05, 0.1) is 0 Å². The minimum atomic E-state index is 0. The predicted molar refractivity (Wildman–Crippen MR) is 61.9 cm³/mol. The molecule has 0 aromatic rings. The lowest BCUT2D eigenvalue weighted by molar-refractivity contribution is 0.333. The van der Waals surface area contributed by atoms with Crippen LogP contribution in [0.2, 0.25) is 0 Å². The van der Waals surface area contributed by atoms with Crippen molar-refractivity contribution in [1.29, 1.82) is 0 Å². The molecule has 0 rings (SSSR count). The van der Waals surface area contributed by atoms with Crippen LogP contribution in [-0.4, -0.2) is 38.6 Å². The summed E-state index contributed by atoms with van der Waals surface area (Å²) in [4.78, 5) is 2.10. The van der Waals surface area contributed by atoms with Gasteiger partial charge < -0.3 is 16.4 Å². The van der Waals surface area contributed by atoms with Crippen LogP contribution in [0.1, 0.15) is 0 Å². The van der Waals surface area contributed by atoms with E-state index in [1.807, 2.05) is 14.1 Å². The molecule has 0 atom stereocenters. The first-order chi connectivity index (χ1) is 4.20. The summed E-state index contributed by atoms with van der Waals surface area (Å²) >= 11 is 0. The van der Waals surface area contributed by atoms with Gasteiger partial charge in [0.1, 0.15) is 0 Å². The Morgan fingerprint density at radius 2 is 1.33 bits per heavy atom. The second kappa shape index (κ2) is 14.3. The van der Waals surface area contributed by atoms with Gasteiger partial charge in [-0.3, -0.25) is 0 Å². The molecule has 0 aromatic heterocycles. The van der Waals surface area contributed by atoms with E-state index in [9.17, 15) is 0 Å². The Morgan fingerprint density at radius 1 is 1.00 bits per heavy atom. The maximum absolute atomic E-state index is 5.42. The van der Waals surface area contributed by atoms with Crippen LogP contribution in [-0.2, 0) is 0 Å². The molecule has 0 heterocycles. The van der Waals surface area contributed by atoms with Gasteiger partial charge >= 0.3 is 0 Å². The molecule has 0 amide bonds. The van der Waals surface area contributed by atoms with Gasteiger partial charge in [-0.2, -0.15) is 0 Å². The molecule has 0 saturated carbocycles. The van der Waals surface area contributed by atoms with E-state index in [1.165, 1.54) is 0 Å². The first-order valence-corrected chi connectivity index (χ1v) is 3.25. The number of rotatable bonds is 4. The largest absolute Gasteiger partial charge is 0.330 e. The molecule has 0 spiro atoms. The summed E-state index contributed by atoms with van der Waals surface area (Å²) in [6, 6.07) is 0. The highest BCUT2D eigenvalue weighted by Crippen LogP contribution is 1.90. The molecular formula is C6H20Cl3N3. The van der Waals surface area contributed by atoms with Crippen molar-refractivity contribution < 1.29 is 0 Å². The first kappa shape index (κ1) is 23.0. The molecular weight excluding hydrogens is 220 g/mol. The second-order valence-corrected chi connectivity index (χ2v) is 2.60. The van der Waals surface area contributed by atoms with Crippen molar-refractivity contribution in [3.05, 3.63) is 0 Å². The van der Waals surface area contributed by atoms with Gasteiger partial charge in [-0.05, 0) is 33.1 Å². The zero-order valence-corrected chi connectivity index (χ0v) is 9.97. The number of hydrogen-bond donors (Lipinski definition) is 2. The van der Waals surface area contributed by atoms with Crippen LogP contribution in [0.5, 0.6) is 0 Å². The van der Waals surface area contributed by atoms with Gasteiger partial charge in [0.25, 0.3) is 0 Å². The summed E-state index contributed by atoms with van der Waals surface area (Å²) in [6.07, 6.45) is 0. The molecule has 3 nitrogen and oxygen atoms in total. The average molecular weight is 241 g/mol. The summed E-state index contributed by atoms with van der Waals surface area (Å²) in [6.45, 7) is 2.37. The van der Waals surface area contributed by atoms with Crippen LogP contribution in [0.15, 0.2) is 0 Å². The highest BCUT2D eigenvalue weighted by molar-refractivity contribution is 5.86. The van der Waals surface area contributed by atoms with E-state index in [0.29, 0.717) is 19.0 Å². The van der Waals surface area contributed by atoms with Gasteiger partial charge in [-0.1, -0.05) is 0 Å². The zero-order chi connectivity index (χ0) is 7.28. The predicted octanol–water partition coefficient (Wildman–Crippen LogP) is 0.347. The third-order valence-corrected chi connectivity index (χ3v) is 1.29. The molecule has 0 fully saturated rings. The quantitative estimate of drug-likeness (QED) is 0.746. The van der Waals surface area contributed by atoms with Crippen molar-refractivity contribution in [2.24, 2.45) is 17.4 Å². The molecule has 0 bridgehead atoms.